The molecule has 0 saturated carbocycles. The maximum atomic E-state index is 12.5. The molecule has 5 heteroatoms. The predicted octanol–water partition coefficient (Wildman–Crippen LogP) is 3.09. The van der Waals surface area contributed by atoms with Crippen LogP contribution < -0.4 is 10.6 Å². The van der Waals surface area contributed by atoms with E-state index in [2.05, 4.69) is 11.9 Å². The molecule has 0 radical (unpaired) electrons. The maximum Gasteiger partial charge on any atom is 0.269 e. The van der Waals surface area contributed by atoms with Gasteiger partial charge in [0.2, 0.25) is 0 Å². The summed E-state index contributed by atoms with van der Waals surface area (Å²) in [4.78, 5) is 19.1. The second-order valence-electron chi connectivity index (χ2n) is 4.29. The highest BCUT2D eigenvalue weighted by Gasteiger charge is 2.18. The molecule has 2 rings (SSSR count). The van der Waals surface area contributed by atoms with E-state index in [1.165, 1.54) is 11.3 Å². The molecule has 0 unspecified atom stereocenters. The summed E-state index contributed by atoms with van der Waals surface area (Å²) in [6.45, 7) is 4.63. The van der Waals surface area contributed by atoms with Gasteiger partial charge in [0.05, 0.1) is 11.2 Å². The molecule has 1 aromatic heterocycles. The Balaban J connectivity index is 2.29. The van der Waals surface area contributed by atoms with Crippen LogP contribution in [0.15, 0.2) is 30.5 Å². The second-order valence-corrected chi connectivity index (χ2v) is 5.53. The van der Waals surface area contributed by atoms with Crippen molar-refractivity contribution in [2.24, 2.45) is 0 Å². The lowest BCUT2D eigenvalue weighted by Gasteiger charge is -2.21. The van der Waals surface area contributed by atoms with Crippen molar-refractivity contribution in [2.75, 3.05) is 17.2 Å². The van der Waals surface area contributed by atoms with Gasteiger partial charge >= 0.3 is 0 Å². The van der Waals surface area contributed by atoms with Gasteiger partial charge in [0.1, 0.15) is 4.88 Å². The van der Waals surface area contributed by atoms with E-state index in [-0.39, 0.29) is 5.91 Å². The van der Waals surface area contributed by atoms with Crippen molar-refractivity contribution in [2.45, 2.75) is 20.3 Å². The van der Waals surface area contributed by atoms with E-state index in [0.717, 1.165) is 17.1 Å². The van der Waals surface area contributed by atoms with E-state index in [9.17, 15) is 4.79 Å². The van der Waals surface area contributed by atoms with Crippen LogP contribution in [-0.2, 0) is 0 Å². The molecular weight excluding hydrogens is 258 g/mol. The minimum atomic E-state index is -0.00257. The smallest absolute Gasteiger partial charge is 0.269 e. The fraction of sp³-hybridized carbons (Fsp3) is 0.286. The normalized spacial score (nSPS) is 10.4. The Labute approximate surface area is 116 Å². The van der Waals surface area contributed by atoms with Gasteiger partial charge in [0, 0.05) is 17.9 Å². The van der Waals surface area contributed by atoms with Crippen LogP contribution in [0.2, 0.25) is 0 Å². The van der Waals surface area contributed by atoms with Gasteiger partial charge in [-0.2, -0.15) is 0 Å². The zero-order chi connectivity index (χ0) is 13.8. The summed E-state index contributed by atoms with van der Waals surface area (Å²) in [5.41, 5.74) is 7.24. The SMILES string of the molecule is CCCN(C(=O)c1cnc(C)s1)c1ccc(N)cc1. The minimum Gasteiger partial charge on any atom is -0.399 e. The van der Waals surface area contributed by atoms with Gasteiger partial charge in [0.25, 0.3) is 5.91 Å². The Bertz CT molecular complexity index is 562. The Morgan fingerprint density at radius 1 is 1.37 bits per heavy atom. The van der Waals surface area contributed by atoms with Crippen molar-refractivity contribution in [3.63, 3.8) is 0 Å². The van der Waals surface area contributed by atoms with Gasteiger partial charge in [-0.1, -0.05) is 6.92 Å². The first-order chi connectivity index (χ1) is 9.11. The second kappa shape index (κ2) is 5.84. The number of amides is 1. The van der Waals surface area contributed by atoms with Crippen molar-refractivity contribution in [1.82, 2.24) is 4.98 Å². The molecule has 0 aliphatic heterocycles. The van der Waals surface area contributed by atoms with Crippen LogP contribution in [0.3, 0.4) is 0 Å². The molecule has 0 spiro atoms. The lowest BCUT2D eigenvalue weighted by molar-refractivity contribution is 0.0990. The summed E-state index contributed by atoms with van der Waals surface area (Å²) in [6.07, 6.45) is 2.54. The number of thiazole rings is 1. The Kier molecular flexibility index (Phi) is 4.16. The van der Waals surface area contributed by atoms with Gasteiger partial charge in [-0.15, -0.1) is 11.3 Å². The quantitative estimate of drug-likeness (QED) is 0.872. The highest BCUT2D eigenvalue weighted by molar-refractivity contribution is 7.13. The maximum absolute atomic E-state index is 12.5. The van der Waals surface area contributed by atoms with Crippen molar-refractivity contribution < 1.29 is 4.79 Å². The highest BCUT2D eigenvalue weighted by atomic mass is 32.1. The van der Waals surface area contributed by atoms with E-state index >= 15 is 0 Å². The lowest BCUT2D eigenvalue weighted by atomic mass is 10.2. The molecule has 4 nitrogen and oxygen atoms in total. The summed E-state index contributed by atoms with van der Waals surface area (Å²) in [6, 6.07) is 7.36. The number of rotatable bonds is 4. The summed E-state index contributed by atoms with van der Waals surface area (Å²) >= 11 is 1.42. The number of hydrogen-bond donors (Lipinski definition) is 1. The van der Waals surface area contributed by atoms with Crippen LogP contribution in [0.1, 0.15) is 28.0 Å². The lowest BCUT2D eigenvalue weighted by Crippen LogP contribution is -2.31. The number of aromatic nitrogens is 1. The minimum absolute atomic E-state index is 0.00257. The van der Waals surface area contributed by atoms with E-state index in [1.54, 1.807) is 11.1 Å². The number of aryl methyl sites for hydroxylation is 1. The fourth-order valence-electron chi connectivity index (χ4n) is 1.82. The largest absolute Gasteiger partial charge is 0.399 e. The Morgan fingerprint density at radius 3 is 2.58 bits per heavy atom. The number of nitrogen functional groups attached to an aromatic ring is 1. The predicted molar refractivity (Wildman–Crippen MR) is 79.7 cm³/mol. The third-order valence-electron chi connectivity index (χ3n) is 2.73. The van der Waals surface area contributed by atoms with Gasteiger partial charge in [-0.25, -0.2) is 4.98 Å². The molecule has 19 heavy (non-hydrogen) atoms. The van der Waals surface area contributed by atoms with Crippen molar-refractivity contribution in [3.8, 4) is 0 Å². The first kappa shape index (κ1) is 13.5. The first-order valence-electron chi connectivity index (χ1n) is 6.21. The number of anilines is 2. The monoisotopic (exact) mass is 275 g/mol. The van der Waals surface area contributed by atoms with Crippen molar-refractivity contribution >= 4 is 28.6 Å². The van der Waals surface area contributed by atoms with Crippen molar-refractivity contribution in [3.05, 3.63) is 40.3 Å². The summed E-state index contributed by atoms with van der Waals surface area (Å²) in [5.74, 6) is -0.00257. The van der Waals surface area contributed by atoms with Crippen LogP contribution in [-0.4, -0.2) is 17.4 Å². The number of nitrogens with two attached hydrogens (primary N) is 1. The molecule has 2 aromatic rings. The molecule has 100 valence electrons. The molecule has 0 saturated heterocycles. The van der Waals surface area contributed by atoms with Gasteiger partial charge in [-0.05, 0) is 37.6 Å². The zero-order valence-corrected chi connectivity index (χ0v) is 11.9. The molecule has 1 amide bonds. The summed E-state index contributed by atoms with van der Waals surface area (Å²) < 4.78 is 0. The highest BCUT2D eigenvalue weighted by Crippen LogP contribution is 2.21. The van der Waals surface area contributed by atoms with E-state index < -0.39 is 0 Å². The number of hydrogen-bond acceptors (Lipinski definition) is 4. The average Bonchev–Trinajstić information content (AvgIpc) is 2.83. The standard InChI is InChI=1S/C14H17N3OS/c1-3-8-17(12-6-4-11(15)5-7-12)14(18)13-9-16-10(2)19-13/h4-7,9H,3,8,15H2,1-2H3. The number of carbonyl (C=O) groups excluding carboxylic acids is 1. The Morgan fingerprint density at radius 2 is 2.05 bits per heavy atom. The first-order valence-corrected chi connectivity index (χ1v) is 7.03. The van der Waals surface area contributed by atoms with Crippen LogP contribution in [0, 0.1) is 6.92 Å². The van der Waals surface area contributed by atoms with E-state index in [4.69, 9.17) is 5.73 Å². The van der Waals surface area contributed by atoms with Crippen LogP contribution in [0.4, 0.5) is 11.4 Å². The topological polar surface area (TPSA) is 59.2 Å². The van der Waals surface area contributed by atoms with E-state index in [1.807, 2.05) is 31.2 Å². The molecule has 2 N–H and O–H groups in total. The van der Waals surface area contributed by atoms with Gasteiger partial charge in [-0.3, -0.25) is 4.79 Å². The number of nitrogens with zero attached hydrogens (tertiary/aromatic N) is 2. The molecular formula is C14H17N3OS. The van der Waals surface area contributed by atoms with Gasteiger partial charge < -0.3 is 10.6 Å². The molecule has 0 fully saturated rings. The van der Waals surface area contributed by atoms with Crippen LogP contribution in [0.25, 0.3) is 0 Å². The molecule has 1 heterocycles. The van der Waals surface area contributed by atoms with Crippen molar-refractivity contribution in [1.29, 1.82) is 0 Å². The number of carbonyl (C=O) groups is 1. The molecule has 0 bridgehead atoms. The molecule has 0 aliphatic rings. The summed E-state index contributed by atoms with van der Waals surface area (Å²) in [5, 5.41) is 0.900. The Hall–Kier alpha value is -1.88. The van der Waals surface area contributed by atoms with Gasteiger partial charge in [0.15, 0.2) is 0 Å². The van der Waals surface area contributed by atoms with E-state index in [0.29, 0.717) is 17.1 Å². The third-order valence-corrected chi connectivity index (χ3v) is 3.63. The molecule has 0 aliphatic carbocycles. The van der Waals surface area contributed by atoms with Crippen LogP contribution >= 0.6 is 11.3 Å². The molecule has 0 atom stereocenters. The molecule has 1 aromatic carbocycles. The summed E-state index contributed by atoms with van der Waals surface area (Å²) in [7, 11) is 0. The number of benzene rings is 1. The fourth-order valence-corrected chi connectivity index (χ4v) is 2.55. The van der Waals surface area contributed by atoms with Crippen LogP contribution in [0.5, 0.6) is 0 Å². The third kappa shape index (κ3) is 3.12. The average molecular weight is 275 g/mol. The zero-order valence-electron chi connectivity index (χ0n) is 11.1.